The molecular weight excluding hydrogens is 276 g/mol. The zero-order valence-corrected chi connectivity index (χ0v) is 12.0. The van der Waals surface area contributed by atoms with Crippen LogP contribution in [0.3, 0.4) is 0 Å². The Kier molecular flexibility index (Phi) is 2.72. The predicted molar refractivity (Wildman–Crippen MR) is 85.4 cm³/mol. The van der Waals surface area contributed by atoms with Crippen LogP contribution < -0.4 is 0 Å². The highest BCUT2D eigenvalue weighted by atomic mass is 16.3. The van der Waals surface area contributed by atoms with Crippen molar-refractivity contribution in [2.45, 2.75) is 0 Å². The van der Waals surface area contributed by atoms with Gasteiger partial charge in [0.2, 0.25) is 0 Å². The minimum Gasteiger partial charge on any atom is -0.508 e. The van der Waals surface area contributed by atoms with E-state index in [2.05, 4.69) is 21.0 Å². The minimum atomic E-state index is 0.260. The first-order valence-corrected chi connectivity index (χ1v) is 6.96. The average Bonchev–Trinajstić information content (AvgIpc) is 3.13. The fourth-order valence-electron chi connectivity index (χ4n) is 2.65. The van der Waals surface area contributed by atoms with Gasteiger partial charge in [0.15, 0.2) is 0 Å². The molecule has 22 heavy (non-hydrogen) atoms. The molecule has 0 aliphatic heterocycles. The van der Waals surface area contributed by atoms with Gasteiger partial charge in [-0.2, -0.15) is 0 Å². The summed E-state index contributed by atoms with van der Waals surface area (Å²) in [4.78, 5) is 12.0. The van der Waals surface area contributed by atoms with Gasteiger partial charge < -0.3 is 14.7 Å². The summed E-state index contributed by atoms with van der Waals surface area (Å²) in [5, 5.41) is 10.5. The SMILES string of the molecule is Cn1ccnc1-c1cnc2[nH]cc(-c3ccc(O)cc3)c2c1. The Bertz CT molecular complexity index is 950. The second-order valence-corrected chi connectivity index (χ2v) is 5.23. The molecule has 2 N–H and O–H groups in total. The maximum Gasteiger partial charge on any atom is 0.141 e. The molecular formula is C17H14N4O. The third-order valence-corrected chi connectivity index (χ3v) is 3.79. The maximum atomic E-state index is 9.44. The van der Waals surface area contributed by atoms with Crippen molar-refractivity contribution >= 4 is 11.0 Å². The zero-order valence-electron chi connectivity index (χ0n) is 12.0. The molecule has 0 amide bonds. The van der Waals surface area contributed by atoms with Gasteiger partial charge in [-0.25, -0.2) is 9.97 Å². The number of hydrogen-bond donors (Lipinski definition) is 2. The van der Waals surface area contributed by atoms with Crippen LogP contribution in [0.15, 0.2) is 55.1 Å². The van der Waals surface area contributed by atoms with Gasteiger partial charge >= 0.3 is 0 Å². The number of aryl methyl sites for hydroxylation is 1. The number of phenols is 1. The summed E-state index contributed by atoms with van der Waals surface area (Å²) >= 11 is 0. The molecule has 0 saturated carbocycles. The van der Waals surface area contributed by atoms with Crippen molar-refractivity contribution in [3.8, 4) is 28.3 Å². The summed E-state index contributed by atoms with van der Waals surface area (Å²) in [5.41, 5.74) is 3.89. The van der Waals surface area contributed by atoms with E-state index in [4.69, 9.17) is 0 Å². The van der Waals surface area contributed by atoms with Crippen molar-refractivity contribution in [2.75, 3.05) is 0 Å². The Labute approximate surface area is 126 Å². The van der Waals surface area contributed by atoms with E-state index in [1.807, 2.05) is 42.3 Å². The normalized spacial score (nSPS) is 11.1. The van der Waals surface area contributed by atoms with Crippen LogP contribution in [0, 0.1) is 0 Å². The van der Waals surface area contributed by atoms with Crippen molar-refractivity contribution in [1.82, 2.24) is 19.5 Å². The molecule has 1 aromatic carbocycles. The van der Waals surface area contributed by atoms with E-state index in [1.54, 1.807) is 18.3 Å². The van der Waals surface area contributed by atoms with Gasteiger partial charge in [-0.3, -0.25) is 0 Å². The highest BCUT2D eigenvalue weighted by molar-refractivity contribution is 5.95. The summed E-state index contributed by atoms with van der Waals surface area (Å²) in [7, 11) is 1.96. The number of nitrogens with one attached hydrogen (secondary N) is 1. The van der Waals surface area contributed by atoms with Gasteiger partial charge in [0.1, 0.15) is 17.2 Å². The van der Waals surface area contributed by atoms with Gasteiger partial charge in [0, 0.05) is 48.3 Å². The number of nitrogens with zero attached hydrogens (tertiary/aromatic N) is 3. The monoisotopic (exact) mass is 290 g/mol. The van der Waals surface area contributed by atoms with Crippen LogP contribution in [-0.4, -0.2) is 24.6 Å². The van der Waals surface area contributed by atoms with Crippen LogP contribution in [-0.2, 0) is 7.05 Å². The summed E-state index contributed by atoms with van der Waals surface area (Å²) in [6.45, 7) is 0. The van der Waals surface area contributed by atoms with Crippen LogP contribution in [0.1, 0.15) is 0 Å². The van der Waals surface area contributed by atoms with Crippen molar-refractivity contribution < 1.29 is 5.11 Å². The number of H-pyrrole nitrogens is 1. The van der Waals surface area contributed by atoms with Crippen LogP contribution in [0.2, 0.25) is 0 Å². The van der Waals surface area contributed by atoms with Crippen LogP contribution in [0.4, 0.5) is 0 Å². The lowest BCUT2D eigenvalue weighted by atomic mass is 10.0. The standard InChI is InChI=1S/C17H14N4O/c1-21-7-6-18-17(21)12-8-14-15(10-20-16(14)19-9-12)11-2-4-13(22)5-3-11/h2-10,22H,1H3,(H,19,20). The number of hydrogen-bond acceptors (Lipinski definition) is 3. The van der Waals surface area contributed by atoms with Gasteiger partial charge in [-0.15, -0.1) is 0 Å². The fraction of sp³-hybridized carbons (Fsp3) is 0.0588. The van der Waals surface area contributed by atoms with Gasteiger partial charge in [-0.1, -0.05) is 12.1 Å². The number of aromatic nitrogens is 4. The Morgan fingerprint density at radius 2 is 1.91 bits per heavy atom. The summed E-state index contributed by atoms with van der Waals surface area (Å²) in [6, 6.07) is 9.24. The smallest absolute Gasteiger partial charge is 0.141 e. The molecule has 3 aromatic heterocycles. The van der Waals surface area contributed by atoms with Crippen molar-refractivity contribution in [3.05, 3.63) is 55.1 Å². The topological polar surface area (TPSA) is 66.7 Å². The maximum absolute atomic E-state index is 9.44. The molecule has 5 heteroatoms. The molecule has 0 fully saturated rings. The quantitative estimate of drug-likeness (QED) is 0.595. The van der Waals surface area contributed by atoms with E-state index in [1.165, 1.54) is 0 Å². The summed E-state index contributed by atoms with van der Waals surface area (Å²) < 4.78 is 1.97. The lowest BCUT2D eigenvalue weighted by molar-refractivity contribution is 0.475. The van der Waals surface area contributed by atoms with Crippen molar-refractivity contribution in [1.29, 1.82) is 0 Å². The number of imidazole rings is 1. The molecule has 0 aliphatic carbocycles. The molecule has 0 aliphatic rings. The van der Waals surface area contributed by atoms with Crippen LogP contribution in [0.5, 0.6) is 5.75 Å². The number of phenolic OH excluding ortho intramolecular Hbond substituents is 1. The number of rotatable bonds is 2. The molecule has 4 rings (SSSR count). The van der Waals surface area contributed by atoms with Crippen LogP contribution >= 0.6 is 0 Å². The first kappa shape index (κ1) is 12.6. The fourth-order valence-corrected chi connectivity index (χ4v) is 2.65. The number of benzene rings is 1. The Balaban J connectivity index is 1.90. The van der Waals surface area contributed by atoms with Gasteiger partial charge in [0.25, 0.3) is 0 Å². The first-order valence-electron chi connectivity index (χ1n) is 6.96. The molecule has 0 atom stereocenters. The number of fused-ring (bicyclic) bond motifs is 1. The summed E-state index contributed by atoms with van der Waals surface area (Å²) in [6.07, 6.45) is 7.45. The second-order valence-electron chi connectivity index (χ2n) is 5.23. The largest absolute Gasteiger partial charge is 0.508 e. The molecule has 3 heterocycles. The Morgan fingerprint density at radius 3 is 2.64 bits per heavy atom. The Hall–Kier alpha value is -3.08. The van der Waals surface area contributed by atoms with Gasteiger partial charge in [0.05, 0.1) is 0 Å². The van der Waals surface area contributed by atoms with E-state index in [9.17, 15) is 5.11 Å². The number of aromatic amines is 1. The highest BCUT2D eigenvalue weighted by Gasteiger charge is 2.11. The van der Waals surface area contributed by atoms with E-state index < -0.39 is 0 Å². The lowest BCUT2D eigenvalue weighted by Crippen LogP contribution is -1.92. The van der Waals surface area contributed by atoms with Gasteiger partial charge in [-0.05, 0) is 23.8 Å². The second kappa shape index (κ2) is 4.73. The van der Waals surface area contributed by atoms with E-state index in [0.29, 0.717) is 0 Å². The van der Waals surface area contributed by atoms with Crippen molar-refractivity contribution in [2.24, 2.45) is 7.05 Å². The molecule has 0 radical (unpaired) electrons. The molecule has 108 valence electrons. The highest BCUT2D eigenvalue weighted by Crippen LogP contribution is 2.31. The van der Waals surface area contributed by atoms with Crippen LogP contribution in [0.25, 0.3) is 33.5 Å². The predicted octanol–water partition coefficient (Wildman–Crippen LogP) is 3.34. The molecule has 4 aromatic rings. The average molecular weight is 290 g/mol. The Morgan fingerprint density at radius 1 is 1.09 bits per heavy atom. The summed E-state index contributed by atoms with van der Waals surface area (Å²) in [5.74, 6) is 1.14. The molecule has 0 spiro atoms. The third-order valence-electron chi connectivity index (χ3n) is 3.79. The zero-order chi connectivity index (χ0) is 15.1. The molecule has 0 saturated heterocycles. The van der Waals surface area contributed by atoms with E-state index in [-0.39, 0.29) is 5.75 Å². The molecule has 5 nitrogen and oxygen atoms in total. The minimum absolute atomic E-state index is 0.260. The van der Waals surface area contributed by atoms with E-state index >= 15 is 0 Å². The van der Waals surface area contributed by atoms with Crippen molar-refractivity contribution in [3.63, 3.8) is 0 Å². The third kappa shape index (κ3) is 1.95. The number of aromatic hydroxyl groups is 1. The first-order chi connectivity index (χ1) is 10.7. The number of pyridine rings is 1. The molecule has 0 bridgehead atoms. The van der Waals surface area contributed by atoms with E-state index in [0.717, 1.165) is 33.5 Å². The lowest BCUT2D eigenvalue weighted by Gasteiger charge is -2.03. The molecule has 0 unspecified atom stereocenters.